The highest BCUT2D eigenvalue weighted by Gasteiger charge is 2.34. The minimum absolute atomic E-state index is 0.0723. The van der Waals surface area contributed by atoms with E-state index in [2.05, 4.69) is 19.2 Å². The zero-order valence-corrected chi connectivity index (χ0v) is 26.9. The molecule has 2 amide bonds. The molecule has 2 unspecified atom stereocenters. The number of benzene rings is 3. The summed E-state index contributed by atoms with van der Waals surface area (Å²) in [5.41, 5.74) is 3.12. The van der Waals surface area contributed by atoms with Crippen LogP contribution in [0.3, 0.4) is 0 Å². The summed E-state index contributed by atoms with van der Waals surface area (Å²) in [4.78, 5) is 29.1. The van der Waals surface area contributed by atoms with E-state index in [0.717, 1.165) is 27.4 Å². The van der Waals surface area contributed by atoms with E-state index in [9.17, 15) is 18.0 Å². The van der Waals surface area contributed by atoms with Gasteiger partial charge in [0.1, 0.15) is 12.6 Å². The lowest BCUT2D eigenvalue weighted by Crippen LogP contribution is -2.53. The fourth-order valence-electron chi connectivity index (χ4n) is 4.54. The van der Waals surface area contributed by atoms with Crippen LogP contribution in [0.2, 0.25) is 5.02 Å². The Kier molecular flexibility index (Phi) is 11.6. The molecule has 42 heavy (non-hydrogen) atoms. The van der Waals surface area contributed by atoms with Crippen molar-refractivity contribution in [1.29, 1.82) is 0 Å². The standard InChI is InChI=1S/C33H42ClN3O4S/c1-7-25(6)35-33(39)31(8-2)36(21-26-11-15-28(34)16-12-26)32(38)22-37(29-17-13-27(14-18-29)23(3)4)42(40,41)30-19-9-24(5)10-20-30/h9-20,23,25,31H,7-8,21-22H2,1-6H3,(H,35,39). The molecule has 2 atom stereocenters. The zero-order valence-electron chi connectivity index (χ0n) is 25.3. The Bertz CT molecular complexity index is 1440. The number of hydrogen-bond donors (Lipinski definition) is 1. The summed E-state index contributed by atoms with van der Waals surface area (Å²) in [5.74, 6) is -0.504. The van der Waals surface area contributed by atoms with Crippen molar-refractivity contribution in [2.24, 2.45) is 0 Å². The lowest BCUT2D eigenvalue weighted by atomic mass is 10.0. The van der Waals surface area contributed by atoms with Gasteiger partial charge in [0, 0.05) is 17.6 Å². The van der Waals surface area contributed by atoms with Crippen LogP contribution in [0.4, 0.5) is 5.69 Å². The van der Waals surface area contributed by atoms with E-state index in [4.69, 9.17) is 11.6 Å². The summed E-state index contributed by atoms with van der Waals surface area (Å²) in [7, 11) is -4.12. The van der Waals surface area contributed by atoms with E-state index in [0.29, 0.717) is 17.1 Å². The largest absolute Gasteiger partial charge is 0.352 e. The van der Waals surface area contributed by atoms with Crippen molar-refractivity contribution in [3.8, 4) is 0 Å². The molecule has 0 saturated heterocycles. The van der Waals surface area contributed by atoms with Crippen molar-refractivity contribution in [1.82, 2.24) is 10.2 Å². The first-order chi connectivity index (χ1) is 19.9. The summed E-state index contributed by atoms with van der Waals surface area (Å²) in [6.07, 6.45) is 1.09. The minimum atomic E-state index is -4.12. The zero-order chi connectivity index (χ0) is 31.0. The monoisotopic (exact) mass is 611 g/mol. The molecule has 0 bridgehead atoms. The molecule has 0 aliphatic rings. The Morgan fingerprint density at radius 1 is 0.857 bits per heavy atom. The number of halogens is 1. The molecule has 9 heteroatoms. The number of anilines is 1. The van der Waals surface area contributed by atoms with Gasteiger partial charge in [0.2, 0.25) is 11.8 Å². The first-order valence-corrected chi connectivity index (χ1v) is 16.2. The Labute approximate surface area is 255 Å². The quantitative estimate of drug-likeness (QED) is 0.233. The van der Waals surface area contributed by atoms with Crippen LogP contribution in [0.5, 0.6) is 0 Å². The van der Waals surface area contributed by atoms with Crippen molar-refractivity contribution in [2.75, 3.05) is 10.8 Å². The Morgan fingerprint density at radius 3 is 1.98 bits per heavy atom. The lowest BCUT2D eigenvalue weighted by Gasteiger charge is -2.33. The maximum absolute atomic E-state index is 14.2. The van der Waals surface area contributed by atoms with Crippen LogP contribution in [-0.2, 0) is 26.2 Å². The van der Waals surface area contributed by atoms with Gasteiger partial charge in [-0.3, -0.25) is 13.9 Å². The highest BCUT2D eigenvalue weighted by Crippen LogP contribution is 2.27. The van der Waals surface area contributed by atoms with Crippen LogP contribution in [-0.4, -0.2) is 43.8 Å². The van der Waals surface area contributed by atoms with Crippen LogP contribution in [0.25, 0.3) is 0 Å². The molecule has 3 aromatic carbocycles. The SMILES string of the molecule is CCC(C)NC(=O)C(CC)N(Cc1ccc(Cl)cc1)C(=O)CN(c1ccc(C(C)C)cc1)S(=O)(=O)c1ccc(C)cc1. The van der Waals surface area contributed by atoms with Crippen molar-refractivity contribution in [3.63, 3.8) is 0 Å². The number of aryl methyl sites for hydroxylation is 1. The number of sulfonamides is 1. The van der Waals surface area contributed by atoms with Gasteiger partial charge in [-0.2, -0.15) is 0 Å². The summed E-state index contributed by atoms with van der Waals surface area (Å²) in [6.45, 7) is 11.4. The number of hydrogen-bond acceptors (Lipinski definition) is 4. The predicted molar refractivity (Wildman–Crippen MR) is 170 cm³/mol. The molecule has 3 rings (SSSR count). The minimum Gasteiger partial charge on any atom is -0.352 e. The maximum Gasteiger partial charge on any atom is 0.264 e. The number of nitrogens with one attached hydrogen (secondary N) is 1. The van der Waals surface area contributed by atoms with Crippen molar-refractivity contribution in [2.45, 2.75) is 83.8 Å². The molecule has 0 fully saturated rings. The van der Waals surface area contributed by atoms with Crippen LogP contribution in [0.1, 0.15) is 70.1 Å². The fraction of sp³-hybridized carbons (Fsp3) is 0.394. The van der Waals surface area contributed by atoms with Gasteiger partial charge < -0.3 is 10.2 Å². The normalized spacial score (nSPS) is 13.0. The number of amides is 2. The van der Waals surface area contributed by atoms with Crippen LogP contribution >= 0.6 is 11.6 Å². The van der Waals surface area contributed by atoms with Crippen molar-refractivity contribution in [3.05, 3.63) is 94.5 Å². The maximum atomic E-state index is 14.2. The van der Waals surface area contributed by atoms with Gasteiger partial charge in [-0.25, -0.2) is 8.42 Å². The van der Waals surface area contributed by atoms with Crippen molar-refractivity contribution < 1.29 is 18.0 Å². The van der Waals surface area contributed by atoms with Gasteiger partial charge in [0.05, 0.1) is 10.6 Å². The van der Waals surface area contributed by atoms with Crippen LogP contribution in [0.15, 0.2) is 77.7 Å². The van der Waals surface area contributed by atoms with Crippen molar-refractivity contribution >= 4 is 39.1 Å². The average Bonchev–Trinajstić information content (AvgIpc) is 2.96. The molecule has 0 aliphatic heterocycles. The fourth-order valence-corrected chi connectivity index (χ4v) is 6.08. The molecule has 0 aliphatic carbocycles. The smallest absolute Gasteiger partial charge is 0.264 e. The molecule has 0 saturated carbocycles. The molecular weight excluding hydrogens is 570 g/mol. The second-order valence-electron chi connectivity index (χ2n) is 11.0. The molecule has 0 radical (unpaired) electrons. The Balaban J connectivity index is 2.07. The molecular formula is C33H42ClN3O4S. The third-order valence-electron chi connectivity index (χ3n) is 7.39. The van der Waals surface area contributed by atoms with E-state index in [1.165, 1.54) is 4.90 Å². The second kappa shape index (κ2) is 14.7. The Morgan fingerprint density at radius 2 is 1.45 bits per heavy atom. The molecule has 0 spiro atoms. The van der Waals surface area contributed by atoms with Crippen LogP contribution < -0.4 is 9.62 Å². The van der Waals surface area contributed by atoms with E-state index < -0.39 is 28.5 Å². The molecule has 7 nitrogen and oxygen atoms in total. The third kappa shape index (κ3) is 8.35. The summed E-state index contributed by atoms with van der Waals surface area (Å²) in [5, 5.41) is 3.54. The topological polar surface area (TPSA) is 86.8 Å². The van der Waals surface area contributed by atoms with E-state index >= 15 is 0 Å². The predicted octanol–water partition coefficient (Wildman–Crippen LogP) is 6.69. The molecule has 0 heterocycles. The second-order valence-corrected chi connectivity index (χ2v) is 13.3. The third-order valence-corrected chi connectivity index (χ3v) is 9.43. The van der Waals surface area contributed by atoms with Gasteiger partial charge in [-0.05, 0) is 80.1 Å². The highest BCUT2D eigenvalue weighted by atomic mass is 35.5. The van der Waals surface area contributed by atoms with Gasteiger partial charge in [-0.15, -0.1) is 0 Å². The highest BCUT2D eigenvalue weighted by molar-refractivity contribution is 7.92. The van der Waals surface area contributed by atoms with Gasteiger partial charge >= 0.3 is 0 Å². The van der Waals surface area contributed by atoms with Gasteiger partial charge in [-0.1, -0.05) is 81.3 Å². The number of carbonyl (C=O) groups excluding carboxylic acids is 2. The summed E-state index contributed by atoms with van der Waals surface area (Å²) in [6, 6.07) is 19.9. The van der Waals surface area contributed by atoms with E-state index in [1.54, 1.807) is 60.7 Å². The first kappa shape index (κ1) is 33.1. The van der Waals surface area contributed by atoms with E-state index in [1.807, 2.05) is 39.8 Å². The van der Waals surface area contributed by atoms with Gasteiger partial charge in [0.15, 0.2) is 0 Å². The first-order valence-electron chi connectivity index (χ1n) is 14.4. The van der Waals surface area contributed by atoms with E-state index in [-0.39, 0.29) is 29.3 Å². The number of rotatable bonds is 13. The molecule has 0 aromatic heterocycles. The molecule has 1 N–H and O–H groups in total. The number of nitrogens with zero attached hydrogens (tertiary/aromatic N) is 2. The number of carbonyl (C=O) groups is 2. The summed E-state index contributed by atoms with van der Waals surface area (Å²) >= 11 is 6.09. The lowest BCUT2D eigenvalue weighted by molar-refractivity contribution is -0.140. The van der Waals surface area contributed by atoms with Gasteiger partial charge in [0.25, 0.3) is 10.0 Å². The Hall–Kier alpha value is -3.36. The molecule has 3 aromatic rings. The summed E-state index contributed by atoms with van der Waals surface area (Å²) < 4.78 is 29.2. The average molecular weight is 612 g/mol. The van der Waals surface area contributed by atoms with Crippen LogP contribution in [0, 0.1) is 6.92 Å². The molecule has 226 valence electrons.